The Labute approximate surface area is 87.4 Å². The van der Waals surface area contributed by atoms with Gasteiger partial charge in [-0.15, -0.1) is 0 Å². The average Bonchev–Trinajstić information content (AvgIpc) is 2.07. The lowest BCUT2D eigenvalue weighted by Crippen LogP contribution is -2.34. The lowest BCUT2D eigenvalue weighted by Gasteiger charge is -2.20. The van der Waals surface area contributed by atoms with Crippen LogP contribution in [-0.4, -0.2) is 14.7 Å². The van der Waals surface area contributed by atoms with E-state index in [9.17, 15) is 14.7 Å². The standard InChI is InChI=1S/C10H16N2O3/c1-6-7(13)11-9(15)12(8(6)14)5-10(2,3)4/h14H,5H2,1-4H3,(H,11,13,15). The normalized spacial score (nSPS) is 11.7. The summed E-state index contributed by atoms with van der Waals surface area (Å²) in [5.74, 6) is -0.251. The first-order chi connectivity index (χ1) is 6.72. The van der Waals surface area contributed by atoms with Gasteiger partial charge in [0.05, 0.1) is 5.56 Å². The number of hydrogen-bond donors (Lipinski definition) is 2. The number of rotatable bonds is 1. The highest BCUT2D eigenvalue weighted by Crippen LogP contribution is 2.18. The summed E-state index contributed by atoms with van der Waals surface area (Å²) in [5.41, 5.74) is -1.09. The number of nitrogens with one attached hydrogen (secondary N) is 1. The van der Waals surface area contributed by atoms with Crippen molar-refractivity contribution in [1.29, 1.82) is 0 Å². The summed E-state index contributed by atoms with van der Waals surface area (Å²) in [4.78, 5) is 24.8. The molecule has 0 aliphatic heterocycles. The van der Waals surface area contributed by atoms with Crippen molar-refractivity contribution in [2.75, 3.05) is 0 Å². The van der Waals surface area contributed by atoms with Gasteiger partial charge in [0.2, 0.25) is 5.88 Å². The van der Waals surface area contributed by atoms with E-state index < -0.39 is 11.2 Å². The third-order valence-corrected chi connectivity index (χ3v) is 2.03. The van der Waals surface area contributed by atoms with Crippen molar-refractivity contribution in [3.63, 3.8) is 0 Å². The summed E-state index contributed by atoms with van der Waals surface area (Å²) in [6, 6.07) is 0. The Morgan fingerprint density at radius 1 is 1.33 bits per heavy atom. The summed E-state index contributed by atoms with van der Waals surface area (Å²) in [6.45, 7) is 7.67. The third kappa shape index (κ3) is 2.49. The Hall–Kier alpha value is -1.52. The second kappa shape index (κ2) is 3.56. The zero-order valence-corrected chi connectivity index (χ0v) is 9.42. The summed E-state index contributed by atoms with van der Waals surface area (Å²) < 4.78 is 1.18. The predicted octanol–water partition coefficient (Wildman–Crippen LogP) is 0.597. The molecule has 0 fully saturated rings. The van der Waals surface area contributed by atoms with E-state index in [1.54, 1.807) is 0 Å². The molecule has 5 heteroatoms. The fourth-order valence-corrected chi connectivity index (χ4v) is 1.28. The number of H-pyrrole nitrogens is 1. The summed E-state index contributed by atoms with van der Waals surface area (Å²) in [6.07, 6.45) is 0. The molecule has 0 radical (unpaired) electrons. The molecule has 0 unspecified atom stereocenters. The van der Waals surface area contributed by atoms with Crippen LogP contribution in [0, 0.1) is 12.3 Å². The summed E-state index contributed by atoms with van der Waals surface area (Å²) >= 11 is 0. The zero-order chi connectivity index (χ0) is 11.8. The van der Waals surface area contributed by atoms with E-state index in [4.69, 9.17) is 0 Å². The van der Waals surface area contributed by atoms with Gasteiger partial charge in [0.1, 0.15) is 0 Å². The van der Waals surface area contributed by atoms with E-state index in [0.29, 0.717) is 6.54 Å². The molecule has 0 aromatic carbocycles. The number of aromatic hydroxyl groups is 1. The highest BCUT2D eigenvalue weighted by atomic mass is 16.3. The largest absolute Gasteiger partial charge is 0.494 e. The fraction of sp³-hybridized carbons (Fsp3) is 0.600. The predicted molar refractivity (Wildman–Crippen MR) is 57.2 cm³/mol. The Morgan fingerprint density at radius 2 is 1.87 bits per heavy atom. The molecule has 0 aliphatic carbocycles. The molecule has 2 N–H and O–H groups in total. The van der Waals surface area contributed by atoms with Crippen LogP contribution < -0.4 is 11.2 Å². The first-order valence-corrected chi connectivity index (χ1v) is 4.75. The molecule has 1 heterocycles. The van der Waals surface area contributed by atoms with Crippen molar-refractivity contribution in [3.8, 4) is 5.88 Å². The quantitative estimate of drug-likeness (QED) is 0.715. The van der Waals surface area contributed by atoms with E-state index in [-0.39, 0.29) is 16.9 Å². The molecule has 84 valence electrons. The SMILES string of the molecule is Cc1c(O)n(CC(C)(C)C)c(=O)[nH]c1=O. The third-order valence-electron chi connectivity index (χ3n) is 2.03. The monoisotopic (exact) mass is 212 g/mol. The fourth-order valence-electron chi connectivity index (χ4n) is 1.28. The van der Waals surface area contributed by atoms with E-state index in [0.717, 1.165) is 0 Å². The molecule has 5 nitrogen and oxygen atoms in total. The number of aromatic nitrogens is 2. The van der Waals surface area contributed by atoms with Gasteiger partial charge >= 0.3 is 5.69 Å². The maximum absolute atomic E-state index is 11.4. The molecule has 1 rings (SSSR count). The van der Waals surface area contributed by atoms with Crippen molar-refractivity contribution in [1.82, 2.24) is 9.55 Å². The highest BCUT2D eigenvalue weighted by molar-refractivity contribution is 5.20. The molecule has 0 atom stereocenters. The van der Waals surface area contributed by atoms with Crippen LogP contribution in [0.5, 0.6) is 5.88 Å². The molecule has 0 amide bonds. The van der Waals surface area contributed by atoms with Gasteiger partial charge in [0, 0.05) is 6.54 Å². The van der Waals surface area contributed by atoms with Crippen molar-refractivity contribution in [2.24, 2.45) is 5.41 Å². The van der Waals surface area contributed by atoms with Gasteiger partial charge in [-0.05, 0) is 12.3 Å². The second-order valence-electron chi connectivity index (χ2n) is 4.85. The van der Waals surface area contributed by atoms with Gasteiger partial charge in [-0.2, -0.15) is 0 Å². The molecule has 15 heavy (non-hydrogen) atoms. The van der Waals surface area contributed by atoms with Crippen LogP contribution in [0.2, 0.25) is 0 Å². The molecule has 0 saturated carbocycles. The Bertz CT molecular complexity index is 477. The minimum atomic E-state index is -0.571. The van der Waals surface area contributed by atoms with Crippen LogP contribution in [0.4, 0.5) is 0 Å². The summed E-state index contributed by atoms with van der Waals surface area (Å²) in [5, 5.41) is 9.67. The van der Waals surface area contributed by atoms with Crippen LogP contribution in [-0.2, 0) is 6.54 Å². The van der Waals surface area contributed by atoms with Gasteiger partial charge < -0.3 is 5.11 Å². The lowest BCUT2D eigenvalue weighted by molar-refractivity contribution is 0.298. The Kier molecular flexibility index (Phi) is 2.75. The maximum atomic E-state index is 11.4. The number of aromatic amines is 1. The van der Waals surface area contributed by atoms with Crippen LogP contribution in [0.25, 0.3) is 0 Å². The first-order valence-electron chi connectivity index (χ1n) is 4.75. The molecule has 0 bridgehead atoms. The number of nitrogens with zero attached hydrogens (tertiary/aromatic N) is 1. The van der Waals surface area contributed by atoms with E-state index in [1.165, 1.54) is 11.5 Å². The average molecular weight is 212 g/mol. The Morgan fingerprint density at radius 3 is 2.33 bits per heavy atom. The van der Waals surface area contributed by atoms with Gasteiger partial charge in [0.25, 0.3) is 5.56 Å². The molecule has 0 saturated heterocycles. The molecule has 0 aliphatic rings. The van der Waals surface area contributed by atoms with Crippen LogP contribution in [0.15, 0.2) is 9.59 Å². The topological polar surface area (TPSA) is 75.1 Å². The molecular formula is C10H16N2O3. The molecule has 1 aromatic heterocycles. The first kappa shape index (κ1) is 11.6. The van der Waals surface area contributed by atoms with Gasteiger partial charge in [-0.25, -0.2) is 4.79 Å². The minimum Gasteiger partial charge on any atom is -0.494 e. The van der Waals surface area contributed by atoms with Crippen molar-refractivity contribution in [2.45, 2.75) is 34.2 Å². The van der Waals surface area contributed by atoms with Crippen LogP contribution in [0.1, 0.15) is 26.3 Å². The van der Waals surface area contributed by atoms with E-state index in [1.807, 2.05) is 20.8 Å². The van der Waals surface area contributed by atoms with Crippen molar-refractivity contribution in [3.05, 3.63) is 26.4 Å². The zero-order valence-electron chi connectivity index (χ0n) is 9.42. The van der Waals surface area contributed by atoms with Crippen molar-refractivity contribution >= 4 is 0 Å². The van der Waals surface area contributed by atoms with Crippen LogP contribution >= 0.6 is 0 Å². The minimum absolute atomic E-state index is 0.147. The second-order valence-corrected chi connectivity index (χ2v) is 4.85. The number of hydrogen-bond acceptors (Lipinski definition) is 3. The summed E-state index contributed by atoms with van der Waals surface area (Å²) in [7, 11) is 0. The van der Waals surface area contributed by atoms with Gasteiger partial charge in [-0.3, -0.25) is 14.3 Å². The maximum Gasteiger partial charge on any atom is 0.331 e. The van der Waals surface area contributed by atoms with E-state index in [2.05, 4.69) is 4.98 Å². The van der Waals surface area contributed by atoms with Crippen molar-refractivity contribution < 1.29 is 5.11 Å². The molecule has 1 aromatic rings. The molecular weight excluding hydrogens is 196 g/mol. The lowest BCUT2D eigenvalue weighted by atomic mass is 9.97. The van der Waals surface area contributed by atoms with Crippen LogP contribution in [0.3, 0.4) is 0 Å². The smallest absolute Gasteiger partial charge is 0.331 e. The van der Waals surface area contributed by atoms with Gasteiger partial charge in [-0.1, -0.05) is 20.8 Å². The van der Waals surface area contributed by atoms with E-state index >= 15 is 0 Å². The molecule has 0 spiro atoms. The van der Waals surface area contributed by atoms with Gasteiger partial charge in [0.15, 0.2) is 0 Å². The highest BCUT2D eigenvalue weighted by Gasteiger charge is 2.17. The Balaban J connectivity index is 3.38.